The Hall–Kier alpha value is -2.47. The van der Waals surface area contributed by atoms with Gasteiger partial charge in [0.25, 0.3) is 5.91 Å². The third-order valence-corrected chi connectivity index (χ3v) is 5.12. The summed E-state index contributed by atoms with van der Waals surface area (Å²) in [4.78, 5) is 23.3. The van der Waals surface area contributed by atoms with E-state index in [1.807, 2.05) is 36.1 Å². The van der Waals surface area contributed by atoms with Crippen LogP contribution in [0.2, 0.25) is 0 Å². The second kappa shape index (κ2) is 7.41. The molecule has 3 atom stereocenters. The number of carbonyl (C=O) groups is 1. The fourth-order valence-electron chi connectivity index (χ4n) is 3.91. The van der Waals surface area contributed by atoms with E-state index in [-0.39, 0.29) is 18.1 Å². The third-order valence-electron chi connectivity index (χ3n) is 5.12. The molecule has 26 heavy (non-hydrogen) atoms. The van der Waals surface area contributed by atoms with Gasteiger partial charge in [-0.05, 0) is 43.4 Å². The summed E-state index contributed by atoms with van der Waals surface area (Å²) in [6, 6.07) is 7.65. The molecular formula is C20H23N3O3. The number of rotatable bonds is 4. The van der Waals surface area contributed by atoms with Crippen molar-refractivity contribution in [2.75, 3.05) is 19.8 Å². The van der Waals surface area contributed by atoms with Gasteiger partial charge in [0.15, 0.2) is 0 Å². The van der Waals surface area contributed by atoms with Crippen molar-refractivity contribution < 1.29 is 14.3 Å². The van der Waals surface area contributed by atoms with Crippen LogP contribution in [0.5, 0.6) is 5.88 Å². The molecule has 1 amide bonds. The van der Waals surface area contributed by atoms with Gasteiger partial charge in [-0.25, -0.2) is 4.98 Å². The standard InChI is InChI=1S/C20H23N3O3/c1-14-8-16(12-21-11-14)20(24)23-6-7-25-18-10-15(9-17(18)23)13-26-19-4-2-3-5-22-19/h2-5,8,11-12,15,17-18H,6-7,9-10,13H2,1H3. The number of hydrogen-bond donors (Lipinski definition) is 0. The topological polar surface area (TPSA) is 64.6 Å². The van der Waals surface area contributed by atoms with Gasteiger partial charge in [0.2, 0.25) is 5.88 Å². The summed E-state index contributed by atoms with van der Waals surface area (Å²) in [6.45, 7) is 3.76. The average Bonchev–Trinajstić information content (AvgIpc) is 3.10. The van der Waals surface area contributed by atoms with Gasteiger partial charge in [-0.3, -0.25) is 9.78 Å². The quantitative estimate of drug-likeness (QED) is 0.845. The maximum Gasteiger partial charge on any atom is 0.255 e. The number of morpholine rings is 1. The number of carbonyl (C=O) groups excluding carboxylic acids is 1. The Balaban J connectivity index is 1.42. The first-order chi connectivity index (χ1) is 12.7. The molecule has 0 bridgehead atoms. The van der Waals surface area contributed by atoms with Crippen LogP contribution >= 0.6 is 0 Å². The second-order valence-corrected chi connectivity index (χ2v) is 7.04. The molecule has 2 fully saturated rings. The summed E-state index contributed by atoms with van der Waals surface area (Å²) in [5.74, 6) is 1.05. The lowest BCUT2D eigenvalue weighted by molar-refractivity contribution is -0.0448. The zero-order valence-corrected chi connectivity index (χ0v) is 14.9. The van der Waals surface area contributed by atoms with Crippen molar-refractivity contribution in [1.29, 1.82) is 0 Å². The monoisotopic (exact) mass is 353 g/mol. The highest BCUT2D eigenvalue weighted by molar-refractivity contribution is 5.94. The van der Waals surface area contributed by atoms with Crippen LogP contribution in [0.15, 0.2) is 42.9 Å². The van der Waals surface area contributed by atoms with Gasteiger partial charge in [-0.1, -0.05) is 6.07 Å². The highest BCUT2D eigenvalue weighted by Gasteiger charge is 2.43. The summed E-state index contributed by atoms with van der Waals surface area (Å²) in [5.41, 5.74) is 1.65. The SMILES string of the molecule is Cc1cncc(C(=O)N2CCOC3CC(COc4ccccn4)CC32)c1. The van der Waals surface area contributed by atoms with Gasteiger partial charge in [0, 0.05) is 31.2 Å². The van der Waals surface area contributed by atoms with Crippen LogP contribution in [-0.2, 0) is 4.74 Å². The highest BCUT2D eigenvalue weighted by atomic mass is 16.5. The number of nitrogens with zero attached hydrogens (tertiary/aromatic N) is 3. The van der Waals surface area contributed by atoms with E-state index in [2.05, 4.69) is 9.97 Å². The summed E-state index contributed by atoms with van der Waals surface area (Å²) in [6.07, 6.45) is 7.03. The van der Waals surface area contributed by atoms with Crippen molar-refractivity contribution in [1.82, 2.24) is 14.9 Å². The largest absolute Gasteiger partial charge is 0.477 e. The molecule has 6 nitrogen and oxygen atoms in total. The molecule has 2 aromatic heterocycles. The minimum atomic E-state index is 0.0470. The first-order valence-electron chi connectivity index (χ1n) is 9.09. The predicted molar refractivity (Wildman–Crippen MR) is 96.0 cm³/mol. The number of aryl methyl sites for hydroxylation is 1. The summed E-state index contributed by atoms with van der Waals surface area (Å²) >= 11 is 0. The molecule has 0 spiro atoms. The molecule has 1 aliphatic carbocycles. The van der Waals surface area contributed by atoms with E-state index in [4.69, 9.17) is 9.47 Å². The van der Waals surface area contributed by atoms with Gasteiger partial charge in [0.05, 0.1) is 30.9 Å². The van der Waals surface area contributed by atoms with E-state index in [9.17, 15) is 4.79 Å². The molecule has 1 saturated heterocycles. The van der Waals surface area contributed by atoms with Crippen molar-refractivity contribution >= 4 is 5.91 Å². The van der Waals surface area contributed by atoms with Crippen LogP contribution in [0.3, 0.4) is 0 Å². The smallest absolute Gasteiger partial charge is 0.255 e. The van der Waals surface area contributed by atoms with E-state index in [1.165, 1.54) is 0 Å². The van der Waals surface area contributed by atoms with Crippen molar-refractivity contribution in [2.45, 2.75) is 31.9 Å². The normalized spacial score (nSPS) is 25.0. The van der Waals surface area contributed by atoms with Crippen LogP contribution < -0.4 is 4.74 Å². The van der Waals surface area contributed by atoms with Gasteiger partial charge in [-0.2, -0.15) is 0 Å². The summed E-state index contributed by atoms with van der Waals surface area (Å²) < 4.78 is 11.8. The Kier molecular flexibility index (Phi) is 4.84. The number of hydrogen-bond acceptors (Lipinski definition) is 5. The Bertz CT molecular complexity index is 768. The van der Waals surface area contributed by atoms with E-state index in [1.54, 1.807) is 18.6 Å². The van der Waals surface area contributed by atoms with Crippen molar-refractivity contribution in [3.8, 4) is 5.88 Å². The van der Waals surface area contributed by atoms with Gasteiger partial charge in [0.1, 0.15) is 0 Å². The Morgan fingerprint density at radius 1 is 1.35 bits per heavy atom. The van der Waals surface area contributed by atoms with Gasteiger partial charge < -0.3 is 14.4 Å². The van der Waals surface area contributed by atoms with Crippen molar-refractivity contribution in [3.63, 3.8) is 0 Å². The number of amides is 1. The lowest BCUT2D eigenvalue weighted by Gasteiger charge is -2.37. The van der Waals surface area contributed by atoms with Crippen LogP contribution in [0.25, 0.3) is 0 Å². The average molecular weight is 353 g/mol. The van der Waals surface area contributed by atoms with Crippen molar-refractivity contribution in [3.05, 3.63) is 54.0 Å². The predicted octanol–water partition coefficient (Wildman–Crippen LogP) is 2.48. The zero-order valence-electron chi connectivity index (χ0n) is 14.9. The van der Waals surface area contributed by atoms with E-state index in [0.29, 0.717) is 37.1 Å². The molecule has 2 aromatic rings. The summed E-state index contributed by atoms with van der Waals surface area (Å²) in [7, 11) is 0. The minimum absolute atomic E-state index is 0.0470. The molecule has 1 aliphatic heterocycles. The van der Waals surface area contributed by atoms with Crippen LogP contribution in [0.1, 0.15) is 28.8 Å². The summed E-state index contributed by atoms with van der Waals surface area (Å²) in [5, 5.41) is 0. The Morgan fingerprint density at radius 3 is 3.08 bits per heavy atom. The first kappa shape index (κ1) is 17.0. The van der Waals surface area contributed by atoms with Gasteiger partial charge >= 0.3 is 0 Å². The Labute approximate surface area is 153 Å². The maximum atomic E-state index is 13.0. The van der Waals surface area contributed by atoms with E-state index in [0.717, 1.165) is 18.4 Å². The molecule has 1 saturated carbocycles. The lowest BCUT2D eigenvalue weighted by Crippen LogP contribution is -2.51. The maximum absolute atomic E-state index is 13.0. The molecule has 0 radical (unpaired) electrons. The lowest BCUT2D eigenvalue weighted by atomic mass is 10.1. The number of ether oxygens (including phenoxy) is 2. The number of pyridine rings is 2. The number of aromatic nitrogens is 2. The number of fused-ring (bicyclic) bond motifs is 1. The third kappa shape index (κ3) is 3.55. The molecular weight excluding hydrogens is 330 g/mol. The second-order valence-electron chi connectivity index (χ2n) is 7.04. The molecule has 0 N–H and O–H groups in total. The Morgan fingerprint density at radius 2 is 2.27 bits per heavy atom. The fraction of sp³-hybridized carbons (Fsp3) is 0.450. The van der Waals surface area contributed by atoms with Crippen LogP contribution in [0, 0.1) is 12.8 Å². The fourth-order valence-corrected chi connectivity index (χ4v) is 3.91. The molecule has 3 heterocycles. The van der Waals surface area contributed by atoms with Crippen LogP contribution in [0.4, 0.5) is 0 Å². The molecule has 3 unspecified atom stereocenters. The van der Waals surface area contributed by atoms with E-state index < -0.39 is 0 Å². The highest BCUT2D eigenvalue weighted by Crippen LogP contribution is 2.35. The van der Waals surface area contributed by atoms with Crippen LogP contribution in [-0.4, -0.2) is 52.7 Å². The van der Waals surface area contributed by atoms with Crippen molar-refractivity contribution in [2.24, 2.45) is 5.92 Å². The zero-order chi connectivity index (χ0) is 17.9. The van der Waals surface area contributed by atoms with Gasteiger partial charge in [-0.15, -0.1) is 0 Å². The first-order valence-corrected chi connectivity index (χ1v) is 9.09. The molecule has 2 aliphatic rings. The molecule has 6 heteroatoms. The molecule has 136 valence electrons. The molecule has 0 aromatic carbocycles. The minimum Gasteiger partial charge on any atom is -0.477 e. The van der Waals surface area contributed by atoms with E-state index >= 15 is 0 Å². The molecule has 4 rings (SSSR count).